The van der Waals surface area contributed by atoms with Crippen molar-refractivity contribution in [3.05, 3.63) is 0 Å². The number of carbonyl (C=O) groups excluding carboxylic acids is 2. The van der Waals surface area contributed by atoms with Crippen LogP contribution in [0.3, 0.4) is 0 Å². The molecule has 0 radical (unpaired) electrons. The van der Waals surface area contributed by atoms with Crippen molar-refractivity contribution in [1.29, 1.82) is 0 Å². The van der Waals surface area contributed by atoms with E-state index in [4.69, 9.17) is 0 Å². The Balaban J connectivity index is 2.21. The van der Waals surface area contributed by atoms with Crippen molar-refractivity contribution >= 4 is 11.8 Å². The fourth-order valence-electron chi connectivity index (χ4n) is 2.48. The highest BCUT2D eigenvalue weighted by atomic mass is 16.3. The minimum atomic E-state index is -0.891. The van der Waals surface area contributed by atoms with Crippen molar-refractivity contribution in [3.8, 4) is 0 Å². The second kappa shape index (κ2) is 6.89. The molecule has 5 nitrogen and oxygen atoms in total. The summed E-state index contributed by atoms with van der Waals surface area (Å²) in [5.41, 5.74) is -0.891. The Kier molecular flexibility index (Phi) is 5.79. The van der Waals surface area contributed by atoms with Crippen molar-refractivity contribution in [2.45, 2.75) is 51.6 Å². The van der Waals surface area contributed by atoms with E-state index in [2.05, 4.69) is 5.32 Å². The van der Waals surface area contributed by atoms with Gasteiger partial charge in [0.25, 0.3) is 0 Å². The summed E-state index contributed by atoms with van der Waals surface area (Å²) in [5, 5.41) is 12.5. The maximum atomic E-state index is 11.8. The fourth-order valence-corrected chi connectivity index (χ4v) is 2.48. The van der Waals surface area contributed by atoms with Crippen LogP contribution < -0.4 is 5.32 Å². The van der Waals surface area contributed by atoms with E-state index in [-0.39, 0.29) is 24.2 Å². The van der Waals surface area contributed by atoms with Gasteiger partial charge in [-0.3, -0.25) is 9.59 Å². The SMILES string of the molecule is CN(CC(C)(C)O)C(=O)CCNC(=O)C1CCCC1. The molecule has 0 spiro atoms. The Morgan fingerprint density at radius 2 is 1.89 bits per heavy atom. The first-order chi connectivity index (χ1) is 8.79. The van der Waals surface area contributed by atoms with Gasteiger partial charge in [0.2, 0.25) is 11.8 Å². The third-order valence-electron chi connectivity index (χ3n) is 3.41. The van der Waals surface area contributed by atoms with Gasteiger partial charge in [0.05, 0.1) is 5.60 Å². The number of likely N-dealkylation sites (N-methyl/N-ethyl adjacent to an activating group) is 1. The van der Waals surface area contributed by atoms with Gasteiger partial charge in [0.15, 0.2) is 0 Å². The number of amides is 2. The third-order valence-corrected chi connectivity index (χ3v) is 3.41. The Morgan fingerprint density at radius 1 is 1.32 bits per heavy atom. The summed E-state index contributed by atoms with van der Waals surface area (Å²) < 4.78 is 0. The standard InChI is InChI=1S/C14H26N2O3/c1-14(2,19)10-16(3)12(17)8-9-15-13(18)11-6-4-5-7-11/h11,19H,4-10H2,1-3H3,(H,15,18). The number of carbonyl (C=O) groups is 2. The van der Waals surface area contributed by atoms with Crippen molar-refractivity contribution in [2.75, 3.05) is 20.1 Å². The largest absolute Gasteiger partial charge is 0.389 e. The molecule has 0 unspecified atom stereocenters. The Morgan fingerprint density at radius 3 is 2.42 bits per heavy atom. The van der Waals surface area contributed by atoms with Crippen LogP contribution in [0, 0.1) is 5.92 Å². The maximum Gasteiger partial charge on any atom is 0.224 e. The normalized spacial score (nSPS) is 16.4. The topological polar surface area (TPSA) is 69.6 Å². The van der Waals surface area contributed by atoms with Gasteiger partial charge in [-0.25, -0.2) is 0 Å². The van der Waals surface area contributed by atoms with Crippen LogP contribution in [0.1, 0.15) is 46.0 Å². The summed E-state index contributed by atoms with van der Waals surface area (Å²) in [6, 6.07) is 0. The smallest absolute Gasteiger partial charge is 0.224 e. The van der Waals surface area contributed by atoms with E-state index >= 15 is 0 Å². The zero-order valence-corrected chi connectivity index (χ0v) is 12.2. The summed E-state index contributed by atoms with van der Waals surface area (Å²) >= 11 is 0. The van der Waals surface area contributed by atoms with E-state index in [1.165, 1.54) is 4.90 Å². The van der Waals surface area contributed by atoms with Gasteiger partial charge >= 0.3 is 0 Å². The lowest BCUT2D eigenvalue weighted by molar-refractivity contribution is -0.132. The molecular formula is C14H26N2O3. The monoisotopic (exact) mass is 270 g/mol. The highest BCUT2D eigenvalue weighted by Gasteiger charge is 2.23. The first kappa shape index (κ1) is 16.0. The molecule has 0 heterocycles. The molecule has 19 heavy (non-hydrogen) atoms. The van der Waals surface area contributed by atoms with E-state index in [0.717, 1.165) is 25.7 Å². The van der Waals surface area contributed by atoms with Crippen molar-refractivity contribution in [2.24, 2.45) is 5.92 Å². The van der Waals surface area contributed by atoms with Crippen molar-refractivity contribution in [1.82, 2.24) is 10.2 Å². The lowest BCUT2D eigenvalue weighted by Gasteiger charge is -2.25. The molecule has 0 atom stereocenters. The number of nitrogens with one attached hydrogen (secondary N) is 1. The predicted molar refractivity (Wildman–Crippen MR) is 73.5 cm³/mol. The van der Waals surface area contributed by atoms with Gasteiger partial charge in [0.1, 0.15) is 0 Å². The number of rotatable bonds is 6. The van der Waals surface area contributed by atoms with Gasteiger partial charge in [-0.2, -0.15) is 0 Å². The van der Waals surface area contributed by atoms with E-state index in [1.54, 1.807) is 20.9 Å². The Bertz CT molecular complexity index is 317. The maximum absolute atomic E-state index is 11.8. The molecule has 0 aromatic heterocycles. The van der Waals surface area contributed by atoms with Crippen LogP contribution in [0.4, 0.5) is 0 Å². The van der Waals surface area contributed by atoms with E-state index in [1.807, 2.05) is 0 Å². The van der Waals surface area contributed by atoms with E-state index in [9.17, 15) is 14.7 Å². The molecule has 0 saturated heterocycles. The average Bonchev–Trinajstić information content (AvgIpc) is 2.79. The van der Waals surface area contributed by atoms with Gasteiger partial charge in [0, 0.05) is 32.5 Å². The molecule has 0 bridgehead atoms. The summed E-state index contributed by atoms with van der Waals surface area (Å²) in [6.07, 6.45) is 4.48. The molecule has 1 rings (SSSR count). The first-order valence-electron chi connectivity index (χ1n) is 7.03. The summed E-state index contributed by atoms with van der Waals surface area (Å²) in [6.45, 7) is 4.00. The average molecular weight is 270 g/mol. The van der Waals surface area contributed by atoms with Crippen LogP contribution in [0.25, 0.3) is 0 Å². The van der Waals surface area contributed by atoms with Gasteiger partial charge in [-0.15, -0.1) is 0 Å². The molecule has 0 aromatic rings. The van der Waals surface area contributed by atoms with E-state index in [0.29, 0.717) is 13.1 Å². The fraction of sp³-hybridized carbons (Fsp3) is 0.857. The minimum absolute atomic E-state index is 0.0613. The van der Waals surface area contributed by atoms with Crippen LogP contribution in [0.15, 0.2) is 0 Å². The van der Waals surface area contributed by atoms with Gasteiger partial charge in [-0.05, 0) is 26.7 Å². The molecule has 5 heteroatoms. The molecule has 1 saturated carbocycles. The Labute approximate surface area is 115 Å². The molecule has 1 aliphatic rings. The second-order valence-electron chi connectivity index (χ2n) is 6.08. The quantitative estimate of drug-likeness (QED) is 0.754. The zero-order chi connectivity index (χ0) is 14.5. The lowest BCUT2D eigenvalue weighted by Crippen LogP contribution is -2.41. The molecule has 2 N–H and O–H groups in total. The van der Waals surface area contributed by atoms with Crippen LogP contribution in [-0.4, -0.2) is 47.6 Å². The first-order valence-corrected chi connectivity index (χ1v) is 7.03. The lowest BCUT2D eigenvalue weighted by atomic mass is 10.1. The van der Waals surface area contributed by atoms with Crippen LogP contribution in [0.2, 0.25) is 0 Å². The van der Waals surface area contributed by atoms with Crippen LogP contribution >= 0.6 is 0 Å². The van der Waals surface area contributed by atoms with Gasteiger partial charge in [-0.1, -0.05) is 12.8 Å². The summed E-state index contributed by atoms with van der Waals surface area (Å²) in [5.74, 6) is 0.161. The van der Waals surface area contributed by atoms with Crippen LogP contribution in [-0.2, 0) is 9.59 Å². The third kappa shape index (κ3) is 6.05. The molecule has 110 valence electrons. The molecule has 1 fully saturated rings. The number of hydrogen-bond donors (Lipinski definition) is 2. The highest BCUT2D eigenvalue weighted by molar-refractivity contribution is 5.80. The summed E-state index contributed by atoms with van der Waals surface area (Å²) in [4.78, 5) is 25.0. The zero-order valence-electron chi connectivity index (χ0n) is 12.2. The highest BCUT2D eigenvalue weighted by Crippen LogP contribution is 2.24. The molecule has 2 amide bonds. The molecular weight excluding hydrogens is 244 g/mol. The van der Waals surface area contributed by atoms with Crippen molar-refractivity contribution < 1.29 is 14.7 Å². The Hall–Kier alpha value is -1.10. The molecule has 0 aromatic carbocycles. The van der Waals surface area contributed by atoms with Gasteiger partial charge < -0.3 is 15.3 Å². The number of hydrogen-bond acceptors (Lipinski definition) is 3. The number of aliphatic hydroxyl groups is 1. The molecule has 1 aliphatic carbocycles. The van der Waals surface area contributed by atoms with E-state index < -0.39 is 5.60 Å². The number of nitrogens with zero attached hydrogens (tertiary/aromatic N) is 1. The van der Waals surface area contributed by atoms with Crippen LogP contribution in [0.5, 0.6) is 0 Å². The summed E-state index contributed by atoms with van der Waals surface area (Å²) in [7, 11) is 1.67. The predicted octanol–water partition coefficient (Wildman–Crippen LogP) is 0.912. The van der Waals surface area contributed by atoms with Crippen molar-refractivity contribution in [3.63, 3.8) is 0 Å². The second-order valence-corrected chi connectivity index (χ2v) is 6.08. The molecule has 0 aliphatic heterocycles. The minimum Gasteiger partial charge on any atom is -0.389 e.